The lowest BCUT2D eigenvalue weighted by Gasteiger charge is -2.30. The number of piperidine rings is 1. The van der Waals surface area contributed by atoms with E-state index in [4.69, 9.17) is 0 Å². The molecule has 2 aromatic rings. The van der Waals surface area contributed by atoms with Gasteiger partial charge in [-0.3, -0.25) is 9.59 Å². The Labute approximate surface area is 167 Å². The number of benzene rings is 2. The van der Waals surface area contributed by atoms with Crippen molar-refractivity contribution in [2.45, 2.75) is 33.6 Å². The minimum absolute atomic E-state index is 0.0890. The third-order valence-corrected chi connectivity index (χ3v) is 5.53. The Morgan fingerprint density at radius 1 is 1.04 bits per heavy atom. The number of nitrogens with zero attached hydrogens (tertiary/aromatic N) is 1. The Morgan fingerprint density at radius 2 is 1.71 bits per heavy atom. The number of nitrogens with one attached hydrogen (secondary N) is 2. The van der Waals surface area contributed by atoms with Gasteiger partial charge in [0.1, 0.15) is 0 Å². The second kappa shape index (κ2) is 8.91. The summed E-state index contributed by atoms with van der Waals surface area (Å²) in [5.74, 6) is 0.688. The first-order valence-electron chi connectivity index (χ1n) is 9.93. The molecule has 1 saturated heterocycles. The van der Waals surface area contributed by atoms with Crippen LogP contribution in [-0.4, -0.2) is 36.3 Å². The van der Waals surface area contributed by atoms with Crippen LogP contribution in [-0.2, 0) is 4.79 Å². The summed E-state index contributed by atoms with van der Waals surface area (Å²) in [5, 5.41) is 6.05. The molecule has 0 aliphatic carbocycles. The minimum Gasteiger partial charge on any atom is -0.376 e. The molecule has 28 heavy (non-hydrogen) atoms. The smallest absolute Gasteiger partial charge is 0.253 e. The Morgan fingerprint density at radius 3 is 2.39 bits per heavy atom. The molecule has 148 valence electrons. The van der Waals surface area contributed by atoms with Crippen LogP contribution >= 0.6 is 0 Å². The number of amides is 2. The fourth-order valence-electron chi connectivity index (χ4n) is 3.39. The molecule has 5 nitrogen and oxygen atoms in total. The van der Waals surface area contributed by atoms with Crippen molar-refractivity contribution < 1.29 is 9.59 Å². The van der Waals surface area contributed by atoms with Crippen LogP contribution in [0.15, 0.2) is 42.5 Å². The van der Waals surface area contributed by atoms with Crippen LogP contribution in [0.4, 0.5) is 11.4 Å². The minimum atomic E-state index is -0.101. The topological polar surface area (TPSA) is 61.4 Å². The first kappa shape index (κ1) is 19.9. The standard InChI is InChI=1S/C23H29N3O2/c1-16-11-13-26(14-12-16)23(28)19-7-9-20(10-8-19)24-15-22(27)25-21-6-4-5-17(2)18(21)3/h4-10,16,24H,11-15H2,1-3H3,(H,25,27). The molecule has 1 fully saturated rings. The molecular weight excluding hydrogens is 350 g/mol. The molecule has 1 heterocycles. The van der Waals surface area contributed by atoms with Gasteiger partial charge in [0, 0.05) is 30.0 Å². The number of rotatable bonds is 5. The lowest BCUT2D eigenvalue weighted by Crippen LogP contribution is -2.37. The number of anilines is 2. The monoisotopic (exact) mass is 379 g/mol. The van der Waals surface area contributed by atoms with Crippen molar-refractivity contribution in [3.63, 3.8) is 0 Å². The summed E-state index contributed by atoms with van der Waals surface area (Å²) in [6.07, 6.45) is 2.14. The quantitative estimate of drug-likeness (QED) is 0.817. The van der Waals surface area contributed by atoms with Gasteiger partial charge in [-0.1, -0.05) is 19.1 Å². The van der Waals surface area contributed by atoms with E-state index in [2.05, 4.69) is 17.6 Å². The Balaban J connectivity index is 1.52. The molecular formula is C23H29N3O2. The van der Waals surface area contributed by atoms with Crippen LogP contribution in [0.2, 0.25) is 0 Å². The predicted octanol–water partition coefficient (Wildman–Crippen LogP) is 4.23. The largest absolute Gasteiger partial charge is 0.376 e. The van der Waals surface area contributed by atoms with Gasteiger partial charge in [-0.05, 0) is 74.1 Å². The van der Waals surface area contributed by atoms with Gasteiger partial charge >= 0.3 is 0 Å². The molecule has 2 N–H and O–H groups in total. The molecule has 3 rings (SSSR count). The molecule has 2 aromatic carbocycles. The third kappa shape index (κ3) is 4.91. The van der Waals surface area contributed by atoms with Gasteiger partial charge in [-0.25, -0.2) is 0 Å². The van der Waals surface area contributed by atoms with E-state index in [1.165, 1.54) is 0 Å². The second-order valence-electron chi connectivity index (χ2n) is 7.70. The maximum Gasteiger partial charge on any atom is 0.253 e. The van der Waals surface area contributed by atoms with Crippen LogP contribution < -0.4 is 10.6 Å². The van der Waals surface area contributed by atoms with Crippen LogP contribution in [0, 0.1) is 19.8 Å². The molecule has 0 aromatic heterocycles. The molecule has 5 heteroatoms. The van der Waals surface area contributed by atoms with E-state index in [-0.39, 0.29) is 18.4 Å². The average molecular weight is 380 g/mol. The number of hydrogen-bond donors (Lipinski definition) is 2. The number of hydrogen-bond acceptors (Lipinski definition) is 3. The van der Waals surface area contributed by atoms with E-state index >= 15 is 0 Å². The summed E-state index contributed by atoms with van der Waals surface area (Å²) < 4.78 is 0. The first-order chi connectivity index (χ1) is 13.4. The van der Waals surface area contributed by atoms with Gasteiger partial charge in [-0.15, -0.1) is 0 Å². The number of carbonyl (C=O) groups is 2. The number of likely N-dealkylation sites (tertiary alicyclic amines) is 1. The molecule has 1 aliphatic rings. The summed E-state index contributed by atoms with van der Waals surface area (Å²) in [6, 6.07) is 13.2. The van der Waals surface area contributed by atoms with Crippen molar-refractivity contribution in [3.05, 3.63) is 59.2 Å². The van der Waals surface area contributed by atoms with E-state index in [0.29, 0.717) is 11.5 Å². The van der Waals surface area contributed by atoms with Crippen LogP contribution in [0.3, 0.4) is 0 Å². The Hall–Kier alpha value is -2.82. The SMILES string of the molecule is Cc1cccc(NC(=O)CNc2ccc(C(=O)N3CCC(C)CC3)cc2)c1C. The molecule has 0 unspecified atom stereocenters. The van der Waals surface area contributed by atoms with Crippen molar-refractivity contribution in [2.75, 3.05) is 30.3 Å². The summed E-state index contributed by atoms with van der Waals surface area (Å²) >= 11 is 0. The van der Waals surface area contributed by atoms with Gasteiger partial charge in [0.2, 0.25) is 5.91 Å². The zero-order valence-electron chi connectivity index (χ0n) is 16.9. The molecule has 0 spiro atoms. The lowest BCUT2D eigenvalue weighted by molar-refractivity contribution is -0.114. The summed E-state index contributed by atoms with van der Waals surface area (Å²) in [4.78, 5) is 26.7. The van der Waals surface area contributed by atoms with Crippen LogP contribution in [0.25, 0.3) is 0 Å². The van der Waals surface area contributed by atoms with Crippen molar-refractivity contribution in [1.82, 2.24) is 4.90 Å². The number of carbonyl (C=O) groups excluding carboxylic acids is 2. The highest BCUT2D eigenvalue weighted by atomic mass is 16.2. The molecule has 0 bridgehead atoms. The van der Waals surface area contributed by atoms with E-state index in [9.17, 15) is 9.59 Å². The normalized spacial score (nSPS) is 14.6. The molecule has 0 saturated carbocycles. The molecule has 1 aliphatic heterocycles. The number of aryl methyl sites for hydroxylation is 1. The van der Waals surface area contributed by atoms with Gasteiger partial charge in [0.25, 0.3) is 5.91 Å². The van der Waals surface area contributed by atoms with E-state index in [1.54, 1.807) is 0 Å². The third-order valence-electron chi connectivity index (χ3n) is 5.53. The zero-order valence-corrected chi connectivity index (χ0v) is 16.9. The van der Waals surface area contributed by atoms with E-state index < -0.39 is 0 Å². The van der Waals surface area contributed by atoms with Gasteiger partial charge in [0.05, 0.1) is 6.54 Å². The average Bonchev–Trinajstić information content (AvgIpc) is 2.70. The second-order valence-corrected chi connectivity index (χ2v) is 7.70. The van der Waals surface area contributed by atoms with Crippen molar-refractivity contribution >= 4 is 23.2 Å². The van der Waals surface area contributed by atoms with Crippen LogP contribution in [0.1, 0.15) is 41.3 Å². The predicted molar refractivity (Wildman–Crippen MR) is 114 cm³/mol. The van der Waals surface area contributed by atoms with Crippen molar-refractivity contribution in [3.8, 4) is 0 Å². The first-order valence-corrected chi connectivity index (χ1v) is 9.93. The van der Waals surface area contributed by atoms with E-state index in [1.807, 2.05) is 61.2 Å². The summed E-state index contributed by atoms with van der Waals surface area (Å²) in [7, 11) is 0. The molecule has 0 atom stereocenters. The highest BCUT2D eigenvalue weighted by Gasteiger charge is 2.21. The summed E-state index contributed by atoms with van der Waals surface area (Å²) in [6.45, 7) is 8.09. The highest BCUT2D eigenvalue weighted by Crippen LogP contribution is 2.20. The fourth-order valence-corrected chi connectivity index (χ4v) is 3.39. The summed E-state index contributed by atoms with van der Waals surface area (Å²) in [5.41, 5.74) is 4.57. The van der Waals surface area contributed by atoms with Gasteiger partial charge in [0.15, 0.2) is 0 Å². The lowest BCUT2D eigenvalue weighted by atomic mass is 9.98. The zero-order chi connectivity index (χ0) is 20.1. The van der Waals surface area contributed by atoms with Gasteiger partial charge < -0.3 is 15.5 Å². The Bertz CT molecular complexity index is 837. The highest BCUT2D eigenvalue weighted by molar-refractivity contribution is 5.95. The maximum atomic E-state index is 12.6. The van der Waals surface area contributed by atoms with Crippen LogP contribution in [0.5, 0.6) is 0 Å². The van der Waals surface area contributed by atoms with Crippen molar-refractivity contribution in [2.24, 2.45) is 5.92 Å². The maximum absolute atomic E-state index is 12.6. The van der Waals surface area contributed by atoms with Crippen molar-refractivity contribution in [1.29, 1.82) is 0 Å². The Kier molecular flexibility index (Phi) is 6.34. The molecule has 2 amide bonds. The van der Waals surface area contributed by atoms with E-state index in [0.717, 1.165) is 48.4 Å². The van der Waals surface area contributed by atoms with Gasteiger partial charge in [-0.2, -0.15) is 0 Å². The molecule has 0 radical (unpaired) electrons. The fraction of sp³-hybridized carbons (Fsp3) is 0.391.